The third-order valence-electron chi connectivity index (χ3n) is 2.15. The molecule has 1 amide bonds. The van der Waals surface area contributed by atoms with Gasteiger partial charge in [-0.15, -0.1) is 11.3 Å². The van der Waals surface area contributed by atoms with Crippen LogP contribution >= 0.6 is 27.3 Å². The Morgan fingerprint density at radius 3 is 2.88 bits per heavy atom. The summed E-state index contributed by atoms with van der Waals surface area (Å²) in [5, 5.41) is 0. The fourth-order valence-electron chi connectivity index (χ4n) is 1.35. The van der Waals surface area contributed by atoms with Crippen molar-refractivity contribution in [2.45, 2.75) is 6.54 Å². The van der Waals surface area contributed by atoms with Crippen LogP contribution in [-0.4, -0.2) is 27.8 Å². The maximum atomic E-state index is 12.0. The molecule has 0 aliphatic carbocycles. The normalized spacial score (nSPS) is 10.2. The molecule has 4 nitrogen and oxygen atoms in total. The molecule has 0 aromatic carbocycles. The summed E-state index contributed by atoms with van der Waals surface area (Å²) >= 11 is 5.01. The number of hydrogen-bond acceptors (Lipinski definition) is 4. The van der Waals surface area contributed by atoms with Crippen molar-refractivity contribution in [2.24, 2.45) is 0 Å². The lowest BCUT2D eigenvalue weighted by Crippen LogP contribution is -2.26. The summed E-state index contributed by atoms with van der Waals surface area (Å²) in [6, 6.07) is 3.97. The number of hydrogen-bond donors (Lipinski definition) is 0. The number of carbonyl (C=O) groups excluding carboxylic acids is 1. The molecular formula is C11H10BrN3OS. The Balaban J connectivity index is 2.06. The van der Waals surface area contributed by atoms with Crippen molar-refractivity contribution in [3.05, 3.63) is 45.1 Å². The Hall–Kier alpha value is -1.27. The zero-order valence-corrected chi connectivity index (χ0v) is 11.5. The summed E-state index contributed by atoms with van der Waals surface area (Å²) in [7, 11) is 1.75. The molecule has 0 unspecified atom stereocenters. The van der Waals surface area contributed by atoms with E-state index in [0.717, 1.165) is 8.66 Å². The number of carbonyl (C=O) groups is 1. The van der Waals surface area contributed by atoms with Crippen molar-refractivity contribution in [3.63, 3.8) is 0 Å². The van der Waals surface area contributed by atoms with Gasteiger partial charge in [0.2, 0.25) is 0 Å². The molecule has 0 spiro atoms. The van der Waals surface area contributed by atoms with Gasteiger partial charge < -0.3 is 4.90 Å². The summed E-state index contributed by atoms with van der Waals surface area (Å²) in [5.74, 6) is -0.123. The van der Waals surface area contributed by atoms with Gasteiger partial charge in [0.25, 0.3) is 5.91 Å². The zero-order valence-electron chi connectivity index (χ0n) is 9.13. The molecule has 0 fully saturated rings. The second-order valence-corrected chi connectivity index (χ2v) is 6.01. The lowest BCUT2D eigenvalue weighted by atomic mass is 10.3. The number of amides is 1. The zero-order chi connectivity index (χ0) is 12.3. The van der Waals surface area contributed by atoms with Gasteiger partial charge in [-0.1, -0.05) is 0 Å². The van der Waals surface area contributed by atoms with Gasteiger partial charge in [-0.2, -0.15) is 0 Å². The van der Waals surface area contributed by atoms with Gasteiger partial charge in [0, 0.05) is 24.3 Å². The van der Waals surface area contributed by atoms with E-state index in [-0.39, 0.29) is 5.91 Å². The van der Waals surface area contributed by atoms with Crippen LogP contribution in [0.3, 0.4) is 0 Å². The number of thiophene rings is 1. The van der Waals surface area contributed by atoms with Crippen LogP contribution in [0.2, 0.25) is 0 Å². The quantitative estimate of drug-likeness (QED) is 0.875. The first-order chi connectivity index (χ1) is 8.16. The number of rotatable bonds is 3. The highest BCUT2D eigenvalue weighted by molar-refractivity contribution is 9.11. The smallest absolute Gasteiger partial charge is 0.274 e. The second kappa shape index (κ2) is 5.37. The van der Waals surface area contributed by atoms with Crippen LogP contribution in [-0.2, 0) is 6.54 Å². The van der Waals surface area contributed by atoms with Gasteiger partial charge in [-0.3, -0.25) is 9.78 Å². The molecule has 6 heteroatoms. The molecule has 17 heavy (non-hydrogen) atoms. The third kappa shape index (κ3) is 3.10. The van der Waals surface area contributed by atoms with Crippen LogP contribution in [0.5, 0.6) is 0 Å². The molecule has 2 rings (SSSR count). The molecule has 2 aromatic heterocycles. The van der Waals surface area contributed by atoms with Gasteiger partial charge >= 0.3 is 0 Å². The van der Waals surface area contributed by atoms with Crippen molar-refractivity contribution in [1.29, 1.82) is 0 Å². The van der Waals surface area contributed by atoms with E-state index in [0.29, 0.717) is 12.2 Å². The van der Waals surface area contributed by atoms with Crippen molar-refractivity contribution in [3.8, 4) is 0 Å². The van der Waals surface area contributed by atoms with Gasteiger partial charge in [-0.25, -0.2) is 4.98 Å². The molecule has 0 aliphatic rings. The van der Waals surface area contributed by atoms with Crippen molar-refractivity contribution < 1.29 is 4.79 Å². The maximum Gasteiger partial charge on any atom is 0.274 e. The van der Waals surface area contributed by atoms with E-state index in [1.54, 1.807) is 29.5 Å². The van der Waals surface area contributed by atoms with Crippen molar-refractivity contribution in [1.82, 2.24) is 14.9 Å². The van der Waals surface area contributed by atoms with E-state index in [4.69, 9.17) is 0 Å². The largest absolute Gasteiger partial charge is 0.335 e. The molecule has 2 aromatic rings. The molecule has 0 aliphatic heterocycles. The Morgan fingerprint density at radius 1 is 1.47 bits per heavy atom. The third-order valence-corrected chi connectivity index (χ3v) is 3.76. The fraction of sp³-hybridized carbons (Fsp3) is 0.182. The van der Waals surface area contributed by atoms with Crippen molar-refractivity contribution in [2.75, 3.05) is 7.05 Å². The Kier molecular flexibility index (Phi) is 3.86. The van der Waals surface area contributed by atoms with Gasteiger partial charge in [0.05, 0.1) is 16.5 Å². The molecule has 88 valence electrons. The van der Waals surface area contributed by atoms with E-state index in [1.165, 1.54) is 12.4 Å². The summed E-state index contributed by atoms with van der Waals surface area (Å²) in [4.78, 5) is 22.6. The molecule has 0 N–H and O–H groups in total. The van der Waals surface area contributed by atoms with Crippen LogP contribution in [0.15, 0.2) is 34.5 Å². The predicted molar refractivity (Wildman–Crippen MR) is 69.8 cm³/mol. The van der Waals surface area contributed by atoms with Crippen molar-refractivity contribution >= 4 is 33.2 Å². The molecule has 0 saturated heterocycles. The average Bonchev–Trinajstić information content (AvgIpc) is 2.75. The minimum Gasteiger partial charge on any atom is -0.335 e. The van der Waals surface area contributed by atoms with Gasteiger partial charge in [-0.05, 0) is 28.1 Å². The SMILES string of the molecule is CN(Cc1ccc(Br)s1)C(=O)c1cnccn1. The lowest BCUT2D eigenvalue weighted by molar-refractivity contribution is 0.0780. The molecular weight excluding hydrogens is 302 g/mol. The highest BCUT2D eigenvalue weighted by Gasteiger charge is 2.13. The first-order valence-electron chi connectivity index (χ1n) is 4.92. The second-order valence-electron chi connectivity index (χ2n) is 3.46. The highest BCUT2D eigenvalue weighted by atomic mass is 79.9. The maximum absolute atomic E-state index is 12.0. The lowest BCUT2D eigenvalue weighted by Gasteiger charge is -2.15. The van der Waals surface area contributed by atoms with E-state index in [9.17, 15) is 4.79 Å². The fourth-order valence-corrected chi connectivity index (χ4v) is 2.88. The van der Waals surface area contributed by atoms with Crippen LogP contribution in [0.25, 0.3) is 0 Å². The van der Waals surface area contributed by atoms with Gasteiger partial charge in [0.15, 0.2) is 0 Å². The van der Waals surface area contributed by atoms with Crippen LogP contribution in [0, 0.1) is 0 Å². The topological polar surface area (TPSA) is 46.1 Å². The Labute approximate surface area is 111 Å². The standard InChI is InChI=1S/C11H10BrN3OS/c1-15(7-8-2-3-10(12)17-8)11(16)9-6-13-4-5-14-9/h2-6H,7H2,1H3. The summed E-state index contributed by atoms with van der Waals surface area (Å²) in [6.45, 7) is 0.575. The first-order valence-corrected chi connectivity index (χ1v) is 6.53. The molecule has 0 bridgehead atoms. The summed E-state index contributed by atoms with van der Waals surface area (Å²) in [5.41, 5.74) is 0.366. The number of halogens is 1. The van der Waals surface area contributed by atoms with E-state index in [2.05, 4.69) is 25.9 Å². The molecule has 2 heterocycles. The minimum atomic E-state index is -0.123. The molecule has 0 radical (unpaired) electrons. The number of nitrogens with zero attached hydrogens (tertiary/aromatic N) is 3. The Bertz CT molecular complexity index is 514. The van der Waals surface area contributed by atoms with Gasteiger partial charge in [0.1, 0.15) is 5.69 Å². The summed E-state index contributed by atoms with van der Waals surface area (Å²) < 4.78 is 1.06. The van der Waals surface area contributed by atoms with E-state index in [1.807, 2.05) is 12.1 Å². The van der Waals surface area contributed by atoms with E-state index < -0.39 is 0 Å². The number of aromatic nitrogens is 2. The summed E-state index contributed by atoms with van der Waals surface area (Å²) in [6.07, 6.45) is 4.54. The molecule has 0 atom stereocenters. The monoisotopic (exact) mass is 311 g/mol. The first kappa shape index (κ1) is 12.2. The Morgan fingerprint density at radius 2 is 2.29 bits per heavy atom. The van der Waals surface area contributed by atoms with Crippen LogP contribution < -0.4 is 0 Å². The highest BCUT2D eigenvalue weighted by Crippen LogP contribution is 2.23. The van der Waals surface area contributed by atoms with Crippen LogP contribution in [0.4, 0.5) is 0 Å². The van der Waals surface area contributed by atoms with Crippen LogP contribution in [0.1, 0.15) is 15.4 Å². The predicted octanol–water partition coefficient (Wildman–Crippen LogP) is 2.57. The van der Waals surface area contributed by atoms with E-state index >= 15 is 0 Å². The molecule has 0 saturated carbocycles. The minimum absolute atomic E-state index is 0.123. The average molecular weight is 312 g/mol.